The molecule has 1 saturated heterocycles. The number of morpholine rings is 1. The van der Waals surface area contributed by atoms with Gasteiger partial charge in [-0.05, 0) is 55.8 Å². The van der Waals surface area contributed by atoms with Gasteiger partial charge < -0.3 is 24.6 Å². The summed E-state index contributed by atoms with van der Waals surface area (Å²) in [4.78, 5) is 28.7. The van der Waals surface area contributed by atoms with Crippen LogP contribution in [0.4, 0.5) is 17.1 Å². The Bertz CT molecular complexity index is 953. The minimum Gasteiger partial charge on any atom is -0.479 e. The van der Waals surface area contributed by atoms with Gasteiger partial charge >= 0.3 is 0 Å². The first-order chi connectivity index (χ1) is 13.9. The van der Waals surface area contributed by atoms with Gasteiger partial charge in [-0.3, -0.25) is 9.59 Å². The first-order valence-corrected chi connectivity index (χ1v) is 9.77. The van der Waals surface area contributed by atoms with Crippen molar-refractivity contribution in [3.8, 4) is 5.75 Å². The Morgan fingerprint density at radius 3 is 2.59 bits per heavy atom. The van der Waals surface area contributed by atoms with Crippen LogP contribution in [0.25, 0.3) is 0 Å². The second kappa shape index (κ2) is 7.75. The summed E-state index contributed by atoms with van der Waals surface area (Å²) in [6.45, 7) is 6.89. The Kier molecular flexibility index (Phi) is 5.15. The van der Waals surface area contributed by atoms with Crippen molar-refractivity contribution in [3.05, 3.63) is 47.5 Å². The number of amides is 2. The summed E-state index contributed by atoms with van der Waals surface area (Å²) < 4.78 is 11.0. The molecule has 0 radical (unpaired) electrons. The molecule has 2 aliphatic heterocycles. The number of benzene rings is 2. The number of rotatable bonds is 3. The number of nitrogens with zero attached hydrogens (tertiary/aromatic N) is 2. The maximum absolute atomic E-state index is 12.8. The van der Waals surface area contributed by atoms with E-state index >= 15 is 0 Å². The first-order valence-electron chi connectivity index (χ1n) is 9.77. The number of fused-ring (bicyclic) bond motifs is 1. The molecule has 2 amide bonds. The summed E-state index contributed by atoms with van der Waals surface area (Å²) in [6.07, 6.45) is -0.513. The average molecular weight is 395 g/mol. The summed E-state index contributed by atoms with van der Waals surface area (Å²) in [5, 5.41) is 2.92. The second-order valence-corrected chi connectivity index (χ2v) is 7.39. The van der Waals surface area contributed by atoms with E-state index in [1.165, 1.54) is 0 Å². The van der Waals surface area contributed by atoms with Gasteiger partial charge in [-0.1, -0.05) is 0 Å². The molecule has 0 bridgehead atoms. The number of likely N-dealkylation sites (N-methyl/N-ethyl adjacent to an activating group) is 1. The highest BCUT2D eigenvalue weighted by atomic mass is 16.5. The molecule has 29 heavy (non-hydrogen) atoms. The zero-order valence-electron chi connectivity index (χ0n) is 16.9. The number of aryl methyl sites for hydroxylation is 1. The van der Waals surface area contributed by atoms with Crippen LogP contribution in [-0.4, -0.2) is 51.3 Å². The quantitative estimate of drug-likeness (QED) is 0.865. The molecule has 0 aromatic heterocycles. The summed E-state index contributed by atoms with van der Waals surface area (Å²) in [7, 11) is 1.71. The fraction of sp³-hybridized carbons (Fsp3) is 0.364. The first kappa shape index (κ1) is 19.3. The fourth-order valence-corrected chi connectivity index (χ4v) is 3.75. The van der Waals surface area contributed by atoms with Crippen LogP contribution in [0.1, 0.15) is 22.8 Å². The van der Waals surface area contributed by atoms with Gasteiger partial charge in [-0.15, -0.1) is 0 Å². The van der Waals surface area contributed by atoms with Crippen LogP contribution >= 0.6 is 0 Å². The van der Waals surface area contributed by atoms with Gasteiger partial charge in [0.2, 0.25) is 0 Å². The summed E-state index contributed by atoms with van der Waals surface area (Å²) in [5.74, 6) is 0.319. The Morgan fingerprint density at radius 2 is 1.86 bits per heavy atom. The van der Waals surface area contributed by atoms with Gasteiger partial charge in [-0.25, -0.2) is 0 Å². The number of nitrogens with one attached hydrogen (secondary N) is 1. The lowest BCUT2D eigenvalue weighted by Gasteiger charge is -2.30. The van der Waals surface area contributed by atoms with Gasteiger partial charge in [0.05, 0.1) is 18.9 Å². The van der Waals surface area contributed by atoms with Crippen LogP contribution in [0.15, 0.2) is 36.4 Å². The topological polar surface area (TPSA) is 71.1 Å². The molecular weight excluding hydrogens is 370 g/mol. The van der Waals surface area contributed by atoms with Gasteiger partial charge in [0.15, 0.2) is 6.10 Å². The lowest BCUT2D eigenvalue weighted by molar-refractivity contribution is -0.125. The summed E-state index contributed by atoms with van der Waals surface area (Å²) >= 11 is 0. The van der Waals surface area contributed by atoms with Crippen molar-refractivity contribution in [2.75, 3.05) is 48.5 Å². The van der Waals surface area contributed by atoms with E-state index in [1.54, 1.807) is 37.1 Å². The van der Waals surface area contributed by atoms with Crippen molar-refractivity contribution in [1.29, 1.82) is 0 Å². The SMILES string of the molecule is Cc1cc(C(=O)Nc2ccc3c(c2)N(C)C(=O)C(C)O3)ccc1N1CCOCC1. The van der Waals surface area contributed by atoms with E-state index in [0.29, 0.717) is 22.7 Å². The van der Waals surface area contributed by atoms with Crippen LogP contribution in [-0.2, 0) is 9.53 Å². The number of hydrogen-bond donors (Lipinski definition) is 1. The normalized spacial score (nSPS) is 18.9. The molecule has 7 nitrogen and oxygen atoms in total. The van der Waals surface area contributed by atoms with Crippen LogP contribution in [0.2, 0.25) is 0 Å². The maximum atomic E-state index is 12.8. The Labute approximate surface area is 170 Å². The number of carbonyl (C=O) groups excluding carboxylic acids is 2. The Morgan fingerprint density at radius 1 is 1.10 bits per heavy atom. The smallest absolute Gasteiger partial charge is 0.267 e. The van der Waals surface area contributed by atoms with Crippen LogP contribution in [0.5, 0.6) is 5.75 Å². The highest BCUT2D eigenvalue weighted by molar-refractivity contribution is 6.06. The zero-order valence-corrected chi connectivity index (χ0v) is 16.9. The number of hydrogen-bond acceptors (Lipinski definition) is 5. The van der Waals surface area contributed by atoms with E-state index < -0.39 is 6.10 Å². The molecule has 2 aliphatic rings. The minimum atomic E-state index is -0.513. The van der Waals surface area contributed by atoms with E-state index in [4.69, 9.17) is 9.47 Å². The van der Waals surface area contributed by atoms with Gasteiger partial charge in [0.1, 0.15) is 5.75 Å². The molecule has 1 unspecified atom stereocenters. The van der Waals surface area contributed by atoms with Crippen molar-refractivity contribution < 1.29 is 19.1 Å². The highest BCUT2D eigenvalue weighted by Crippen LogP contribution is 2.35. The largest absolute Gasteiger partial charge is 0.479 e. The van der Waals surface area contributed by atoms with E-state index in [-0.39, 0.29) is 11.8 Å². The molecular formula is C22H25N3O4. The van der Waals surface area contributed by atoms with Crippen LogP contribution in [0, 0.1) is 6.92 Å². The van der Waals surface area contributed by atoms with Crippen molar-refractivity contribution in [2.24, 2.45) is 0 Å². The number of ether oxygens (including phenoxy) is 2. The Hall–Kier alpha value is -3.06. The number of carbonyl (C=O) groups is 2. The molecule has 2 heterocycles. The number of anilines is 3. The van der Waals surface area contributed by atoms with Crippen molar-refractivity contribution in [1.82, 2.24) is 0 Å². The molecule has 4 rings (SSSR count). The summed E-state index contributed by atoms with van der Waals surface area (Å²) in [5.41, 5.74) is 4.03. The van der Waals surface area contributed by atoms with E-state index in [1.807, 2.05) is 25.1 Å². The molecule has 0 aliphatic carbocycles. The third-order valence-electron chi connectivity index (χ3n) is 5.37. The van der Waals surface area contributed by atoms with Crippen molar-refractivity contribution >= 4 is 28.9 Å². The average Bonchev–Trinajstić information content (AvgIpc) is 2.73. The monoisotopic (exact) mass is 395 g/mol. The predicted molar refractivity (Wildman–Crippen MR) is 112 cm³/mol. The molecule has 2 aromatic carbocycles. The third kappa shape index (κ3) is 3.78. The molecule has 1 atom stereocenters. The van der Waals surface area contributed by atoms with Crippen molar-refractivity contribution in [2.45, 2.75) is 20.0 Å². The van der Waals surface area contributed by atoms with Crippen LogP contribution in [0.3, 0.4) is 0 Å². The standard InChI is InChI=1S/C22H25N3O4/c1-14-12-16(4-6-18(14)25-8-10-28-11-9-25)21(26)23-17-5-7-20-19(13-17)24(3)22(27)15(2)29-20/h4-7,12-13,15H,8-11H2,1-3H3,(H,23,26). The molecule has 0 saturated carbocycles. The molecule has 2 aromatic rings. The zero-order chi connectivity index (χ0) is 20.5. The summed E-state index contributed by atoms with van der Waals surface area (Å²) in [6, 6.07) is 11.0. The predicted octanol–water partition coefficient (Wildman–Crippen LogP) is 2.83. The minimum absolute atomic E-state index is 0.115. The molecule has 7 heteroatoms. The third-order valence-corrected chi connectivity index (χ3v) is 5.37. The lowest BCUT2D eigenvalue weighted by atomic mass is 10.1. The lowest BCUT2D eigenvalue weighted by Crippen LogP contribution is -2.41. The maximum Gasteiger partial charge on any atom is 0.267 e. The molecule has 1 fully saturated rings. The van der Waals surface area contributed by atoms with E-state index in [9.17, 15) is 9.59 Å². The molecule has 0 spiro atoms. The molecule has 1 N–H and O–H groups in total. The van der Waals surface area contributed by atoms with Crippen molar-refractivity contribution in [3.63, 3.8) is 0 Å². The highest BCUT2D eigenvalue weighted by Gasteiger charge is 2.29. The van der Waals surface area contributed by atoms with Gasteiger partial charge in [0, 0.05) is 37.1 Å². The van der Waals surface area contributed by atoms with E-state index in [2.05, 4.69) is 10.2 Å². The van der Waals surface area contributed by atoms with Gasteiger partial charge in [0.25, 0.3) is 11.8 Å². The van der Waals surface area contributed by atoms with Crippen LogP contribution < -0.4 is 19.9 Å². The molecule has 152 valence electrons. The van der Waals surface area contributed by atoms with E-state index in [0.717, 1.165) is 37.6 Å². The van der Waals surface area contributed by atoms with Gasteiger partial charge in [-0.2, -0.15) is 0 Å². The Balaban J connectivity index is 1.51. The second-order valence-electron chi connectivity index (χ2n) is 7.39. The fourth-order valence-electron chi connectivity index (χ4n) is 3.75.